The number of nitrogens with zero attached hydrogens (tertiary/aromatic N) is 2. The molecule has 3 rings (SSSR count). The number of aromatic amines is 1. The number of nitrogens with one attached hydrogen (secondary N) is 3. The van der Waals surface area contributed by atoms with Crippen molar-refractivity contribution >= 4 is 39.2 Å². The van der Waals surface area contributed by atoms with E-state index in [1.165, 1.54) is 24.3 Å². The molecule has 0 saturated heterocycles. The lowest BCUT2D eigenvalue weighted by Crippen LogP contribution is -2.40. The lowest BCUT2D eigenvalue weighted by atomic mass is 9.98. The molecule has 32 heavy (non-hydrogen) atoms. The smallest absolute Gasteiger partial charge is 0.368 e. The van der Waals surface area contributed by atoms with Crippen LogP contribution in [0.15, 0.2) is 41.3 Å². The molecule has 2 aromatic carbocycles. The van der Waals surface area contributed by atoms with Crippen LogP contribution in [0.2, 0.25) is 5.02 Å². The summed E-state index contributed by atoms with van der Waals surface area (Å²) in [6.45, 7) is 4.96. The number of hydrogen-bond donors (Lipinski definition) is 4. The number of sulfonamides is 1. The third-order valence-corrected chi connectivity index (χ3v) is 6.08. The van der Waals surface area contributed by atoms with Crippen molar-refractivity contribution in [2.75, 3.05) is 11.1 Å². The van der Waals surface area contributed by atoms with E-state index in [4.69, 9.17) is 17.3 Å². The molecule has 0 aliphatic rings. The van der Waals surface area contributed by atoms with Crippen LogP contribution in [0.1, 0.15) is 26.3 Å². The number of halogens is 4. The SMILES string of the molecule is CC(C)(C)NS(=O)(=O)c1cccc(-c2c(Cl)cc(Nc3n[nH]c(N)n3)cc2C(F)(F)F)c1. The number of H-pyrrole nitrogens is 1. The largest absolute Gasteiger partial charge is 0.417 e. The van der Waals surface area contributed by atoms with Crippen molar-refractivity contribution in [2.45, 2.75) is 37.4 Å². The van der Waals surface area contributed by atoms with Gasteiger partial charge in [0.05, 0.1) is 15.5 Å². The summed E-state index contributed by atoms with van der Waals surface area (Å²) in [5, 5.41) is 8.42. The van der Waals surface area contributed by atoms with Crippen molar-refractivity contribution in [3.8, 4) is 11.1 Å². The molecule has 0 aliphatic heterocycles. The monoisotopic (exact) mass is 488 g/mol. The molecular weight excluding hydrogens is 469 g/mol. The van der Waals surface area contributed by atoms with Gasteiger partial charge in [0, 0.05) is 16.8 Å². The van der Waals surface area contributed by atoms with Crippen LogP contribution in [0, 0.1) is 0 Å². The van der Waals surface area contributed by atoms with Gasteiger partial charge in [0.1, 0.15) is 0 Å². The molecule has 172 valence electrons. The number of alkyl halides is 3. The maximum absolute atomic E-state index is 13.9. The summed E-state index contributed by atoms with van der Waals surface area (Å²) < 4.78 is 69.5. The maximum Gasteiger partial charge on any atom is 0.417 e. The van der Waals surface area contributed by atoms with E-state index in [1.54, 1.807) is 20.8 Å². The molecule has 5 N–H and O–H groups in total. The second kappa shape index (κ2) is 8.26. The van der Waals surface area contributed by atoms with Gasteiger partial charge in [-0.15, -0.1) is 5.10 Å². The Hall–Kier alpha value is -2.83. The lowest BCUT2D eigenvalue weighted by Gasteiger charge is -2.21. The van der Waals surface area contributed by atoms with Crippen LogP contribution in [0.4, 0.5) is 30.8 Å². The van der Waals surface area contributed by atoms with Crippen LogP contribution in [0.25, 0.3) is 11.1 Å². The van der Waals surface area contributed by atoms with E-state index in [2.05, 4.69) is 25.2 Å². The molecule has 0 amide bonds. The van der Waals surface area contributed by atoms with Crippen molar-refractivity contribution in [1.82, 2.24) is 19.9 Å². The molecule has 0 saturated carbocycles. The number of rotatable bonds is 5. The number of nitrogens with two attached hydrogens (primary N) is 1. The van der Waals surface area contributed by atoms with E-state index >= 15 is 0 Å². The highest BCUT2D eigenvalue weighted by Crippen LogP contribution is 2.43. The molecule has 0 atom stereocenters. The quantitative estimate of drug-likeness (QED) is 0.417. The summed E-state index contributed by atoms with van der Waals surface area (Å²) in [5.41, 5.74) is 3.20. The van der Waals surface area contributed by atoms with E-state index in [0.717, 1.165) is 12.1 Å². The van der Waals surface area contributed by atoms with Crippen molar-refractivity contribution in [3.05, 3.63) is 47.0 Å². The van der Waals surface area contributed by atoms with Crippen LogP contribution < -0.4 is 15.8 Å². The molecule has 8 nitrogen and oxygen atoms in total. The Balaban J connectivity index is 2.11. The molecule has 0 bridgehead atoms. The Labute approximate surface area is 187 Å². The number of benzene rings is 2. The molecule has 3 aromatic rings. The predicted molar refractivity (Wildman–Crippen MR) is 116 cm³/mol. The van der Waals surface area contributed by atoms with E-state index in [0.29, 0.717) is 0 Å². The normalized spacial score (nSPS) is 12.7. The standard InChI is InChI=1S/C19H20ClF3N6O2S/c1-18(2,3)29-32(30,31)12-6-4-5-10(7-12)15-13(19(21,22)23)8-11(9-14(15)20)25-17-26-16(24)27-28-17/h4-9,29H,1-3H3,(H4,24,25,26,27,28). The van der Waals surface area contributed by atoms with Crippen LogP contribution in [0.5, 0.6) is 0 Å². The fourth-order valence-corrected chi connectivity index (χ4v) is 4.73. The fraction of sp³-hybridized carbons (Fsp3) is 0.263. The van der Waals surface area contributed by atoms with Gasteiger partial charge in [0.25, 0.3) is 0 Å². The van der Waals surface area contributed by atoms with Crippen LogP contribution in [0.3, 0.4) is 0 Å². The lowest BCUT2D eigenvalue weighted by molar-refractivity contribution is -0.137. The Morgan fingerprint density at radius 2 is 1.81 bits per heavy atom. The zero-order valence-electron chi connectivity index (χ0n) is 17.2. The molecule has 0 unspecified atom stereocenters. The Morgan fingerprint density at radius 3 is 2.38 bits per heavy atom. The van der Waals surface area contributed by atoms with Gasteiger partial charge in [0.2, 0.25) is 21.9 Å². The van der Waals surface area contributed by atoms with Gasteiger partial charge >= 0.3 is 6.18 Å². The molecule has 0 fully saturated rings. The topological polar surface area (TPSA) is 126 Å². The summed E-state index contributed by atoms with van der Waals surface area (Å²) in [7, 11) is -3.97. The van der Waals surface area contributed by atoms with Gasteiger partial charge < -0.3 is 11.1 Å². The van der Waals surface area contributed by atoms with Gasteiger partial charge in [-0.05, 0) is 50.6 Å². The third kappa shape index (κ3) is 5.50. The van der Waals surface area contributed by atoms with E-state index in [-0.39, 0.29) is 38.6 Å². The average Bonchev–Trinajstić information content (AvgIpc) is 3.03. The highest BCUT2D eigenvalue weighted by molar-refractivity contribution is 7.89. The minimum Gasteiger partial charge on any atom is -0.368 e. The minimum absolute atomic E-state index is 0.00667. The highest BCUT2D eigenvalue weighted by atomic mass is 35.5. The number of hydrogen-bond acceptors (Lipinski definition) is 6. The zero-order valence-corrected chi connectivity index (χ0v) is 18.7. The van der Waals surface area contributed by atoms with E-state index in [1.807, 2.05) is 0 Å². The molecular formula is C19H20ClF3N6O2S. The molecule has 0 radical (unpaired) electrons. The second-order valence-corrected chi connectivity index (χ2v) is 10.0. The average molecular weight is 489 g/mol. The van der Waals surface area contributed by atoms with Crippen LogP contribution >= 0.6 is 11.6 Å². The second-order valence-electron chi connectivity index (χ2n) is 7.93. The van der Waals surface area contributed by atoms with Crippen molar-refractivity contribution in [2.24, 2.45) is 0 Å². The first-order valence-corrected chi connectivity index (χ1v) is 11.0. The minimum atomic E-state index is -4.78. The number of aromatic nitrogens is 3. The molecule has 0 spiro atoms. The first-order valence-electron chi connectivity index (χ1n) is 9.16. The molecule has 1 heterocycles. The van der Waals surface area contributed by atoms with E-state index < -0.39 is 27.3 Å². The number of nitrogen functional groups attached to an aromatic ring is 1. The van der Waals surface area contributed by atoms with Crippen LogP contribution in [-0.4, -0.2) is 29.1 Å². The van der Waals surface area contributed by atoms with Crippen molar-refractivity contribution < 1.29 is 21.6 Å². The first kappa shape index (κ1) is 23.8. The number of anilines is 3. The maximum atomic E-state index is 13.9. The van der Waals surface area contributed by atoms with Crippen molar-refractivity contribution in [1.29, 1.82) is 0 Å². The third-order valence-electron chi connectivity index (χ3n) is 4.03. The van der Waals surface area contributed by atoms with Crippen molar-refractivity contribution in [3.63, 3.8) is 0 Å². The highest BCUT2D eigenvalue weighted by Gasteiger charge is 2.36. The summed E-state index contributed by atoms with van der Waals surface area (Å²) >= 11 is 6.24. The van der Waals surface area contributed by atoms with E-state index in [9.17, 15) is 21.6 Å². The molecule has 1 aromatic heterocycles. The summed E-state index contributed by atoms with van der Waals surface area (Å²) in [6.07, 6.45) is -4.78. The summed E-state index contributed by atoms with van der Waals surface area (Å²) in [5.74, 6) is -0.0612. The molecule has 13 heteroatoms. The van der Waals surface area contributed by atoms with Gasteiger partial charge in [-0.2, -0.15) is 18.2 Å². The van der Waals surface area contributed by atoms with Gasteiger partial charge in [0.15, 0.2) is 0 Å². The summed E-state index contributed by atoms with van der Waals surface area (Å²) in [6, 6.07) is 7.24. The zero-order chi connectivity index (χ0) is 23.9. The fourth-order valence-electron chi connectivity index (χ4n) is 2.94. The van der Waals surface area contributed by atoms with Gasteiger partial charge in [-0.25, -0.2) is 18.2 Å². The Kier molecular flexibility index (Phi) is 6.15. The first-order chi connectivity index (χ1) is 14.7. The molecule has 0 aliphatic carbocycles. The summed E-state index contributed by atoms with van der Waals surface area (Å²) in [4.78, 5) is 3.59. The van der Waals surface area contributed by atoms with Crippen LogP contribution in [-0.2, 0) is 16.2 Å². The van der Waals surface area contributed by atoms with Gasteiger partial charge in [-0.1, -0.05) is 23.7 Å². The Bertz CT molecular complexity index is 1250. The Morgan fingerprint density at radius 1 is 1.12 bits per heavy atom. The predicted octanol–water partition coefficient (Wildman–Crippen LogP) is 4.55. The van der Waals surface area contributed by atoms with Gasteiger partial charge in [-0.3, -0.25) is 0 Å².